The molecule has 0 aliphatic carbocycles. The van der Waals surface area contributed by atoms with Gasteiger partial charge in [0.25, 0.3) is 0 Å². The van der Waals surface area contributed by atoms with E-state index in [1.54, 1.807) is 31.2 Å². The largest absolute Gasteiger partial charge is 0.299 e. The van der Waals surface area contributed by atoms with E-state index in [1.807, 2.05) is 0 Å². The fourth-order valence-corrected chi connectivity index (χ4v) is 5.49. The van der Waals surface area contributed by atoms with Gasteiger partial charge in [0.2, 0.25) is 21.1 Å². The van der Waals surface area contributed by atoms with Gasteiger partial charge in [-0.25, -0.2) is 8.42 Å². The van der Waals surface area contributed by atoms with Crippen LogP contribution in [0, 0.1) is 0 Å². The van der Waals surface area contributed by atoms with Crippen molar-refractivity contribution in [2.24, 2.45) is 0 Å². The normalized spacial score (nSPS) is 12.4. The van der Waals surface area contributed by atoms with Crippen LogP contribution in [-0.4, -0.2) is 36.8 Å². The van der Waals surface area contributed by atoms with E-state index in [1.165, 1.54) is 18.2 Å². The molecule has 7 nitrogen and oxygen atoms in total. The van der Waals surface area contributed by atoms with E-state index in [0.29, 0.717) is 10.0 Å². The van der Waals surface area contributed by atoms with E-state index >= 15 is 0 Å². The van der Waals surface area contributed by atoms with Crippen LogP contribution in [0.2, 0.25) is 15.1 Å². The van der Waals surface area contributed by atoms with Gasteiger partial charge in [-0.15, -0.1) is 10.2 Å². The maximum Gasteiger partial charge on any atom is 0.250 e. The summed E-state index contributed by atoms with van der Waals surface area (Å²) in [6.07, 6.45) is 1.22. The first-order valence-corrected chi connectivity index (χ1v) is 12.7. The highest BCUT2D eigenvalue weighted by atomic mass is 35.5. The highest BCUT2D eigenvalue weighted by Crippen LogP contribution is 2.31. The Kier molecular flexibility index (Phi) is 7.43. The molecule has 1 N–H and O–H groups in total. The topological polar surface area (TPSA) is 92.3 Å². The summed E-state index contributed by atoms with van der Waals surface area (Å²) < 4.78 is 26.1. The Balaban J connectivity index is 1.88. The van der Waals surface area contributed by atoms with Gasteiger partial charge in [0, 0.05) is 20.6 Å². The molecule has 0 aliphatic rings. The number of amides is 1. The molecule has 3 aromatic rings. The van der Waals surface area contributed by atoms with E-state index < -0.39 is 22.0 Å². The highest BCUT2D eigenvalue weighted by Gasteiger charge is 2.32. The van der Waals surface area contributed by atoms with Gasteiger partial charge < -0.3 is 0 Å². The lowest BCUT2D eigenvalue weighted by molar-refractivity contribution is -0.117. The van der Waals surface area contributed by atoms with E-state index in [0.717, 1.165) is 27.5 Å². The molecule has 12 heteroatoms. The lowest BCUT2D eigenvalue weighted by atomic mass is 10.2. The molecule has 0 unspecified atom stereocenters. The van der Waals surface area contributed by atoms with E-state index in [9.17, 15) is 13.2 Å². The summed E-state index contributed by atoms with van der Waals surface area (Å²) in [4.78, 5) is 13.0. The highest BCUT2D eigenvalue weighted by molar-refractivity contribution is 7.92. The molecule has 0 fully saturated rings. The first-order chi connectivity index (χ1) is 14.6. The second kappa shape index (κ2) is 9.70. The first-order valence-electron chi connectivity index (χ1n) is 8.94. The number of carbonyl (C=O) groups is 1. The number of nitrogens with one attached hydrogen (secondary N) is 1. The van der Waals surface area contributed by atoms with Crippen LogP contribution >= 0.6 is 46.1 Å². The number of benzene rings is 2. The molecule has 0 aliphatic heterocycles. The van der Waals surface area contributed by atoms with Gasteiger partial charge in [-0.3, -0.25) is 14.4 Å². The fraction of sp³-hybridized carbons (Fsp3) is 0.211. The van der Waals surface area contributed by atoms with Gasteiger partial charge in [0.05, 0.1) is 11.9 Å². The van der Waals surface area contributed by atoms with E-state index in [-0.39, 0.29) is 27.3 Å². The zero-order chi connectivity index (χ0) is 22.8. The molecule has 0 radical (unpaired) electrons. The summed E-state index contributed by atoms with van der Waals surface area (Å²) >= 11 is 19.1. The SMILES string of the molecule is CC[C@H](C(=O)Nc1nnc(-c2ccc(Cl)cc2)s1)N(c1cc(Cl)cc(Cl)c1)S(C)(=O)=O. The Morgan fingerprint density at radius 2 is 1.68 bits per heavy atom. The van der Waals surface area contributed by atoms with Crippen molar-refractivity contribution in [3.8, 4) is 10.6 Å². The number of halogens is 3. The van der Waals surface area contributed by atoms with Gasteiger partial charge in [-0.1, -0.05) is 65.2 Å². The third-order valence-electron chi connectivity index (χ3n) is 4.18. The van der Waals surface area contributed by atoms with Crippen molar-refractivity contribution in [2.75, 3.05) is 15.9 Å². The van der Waals surface area contributed by atoms with Gasteiger partial charge in [-0.05, 0) is 36.8 Å². The second-order valence-electron chi connectivity index (χ2n) is 6.52. The van der Waals surface area contributed by atoms with E-state index in [4.69, 9.17) is 34.8 Å². The van der Waals surface area contributed by atoms with Crippen molar-refractivity contribution >= 4 is 72.9 Å². The average molecular weight is 520 g/mol. The monoisotopic (exact) mass is 518 g/mol. The number of anilines is 2. The number of rotatable bonds is 7. The molecule has 0 saturated carbocycles. The lowest BCUT2D eigenvalue weighted by Gasteiger charge is -2.30. The van der Waals surface area contributed by atoms with Gasteiger partial charge in [0.15, 0.2) is 0 Å². The number of hydrogen-bond donors (Lipinski definition) is 1. The predicted octanol–water partition coefficient (Wildman–Crippen LogP) is 5.35. The average Bonchev–Trinajstić information content (AvgIpc) is 3.13. The molecule has 0 bridgehead atoms. The molecular formula is C19H17Cl3N4O3S2. The molecular weight excluding hydrogens is 503 g/mol. The zero-order valence-corrected chi connectivity index (χ0v) is 20.2. The third-order valence-corrected chi connectivity index (χ3v) is 6.93. The molecule has 1 atom stereocenters. The zero-order valence-electron chi connectivity index (χ0n) is 16.3. The standard InChI is InChI=1S/C19H17Cl3N4O3S2/c1-3-16(26(31(2,28)29)15-9-13(21)8-14(22)10-15)17(27)23-19-25-24-18(30-19)11-4-6-12(20)7-5-11/h4-10,16H,3H2,1-2H3,(H,23,25,27)/t16-/m1/s1. The summed E-state index contributed by atoms with van der Waals surface area (Å²) in [6.45, 7) is 1.70. The molecule has 31 heavy (non-hydrogen) atoms. The second-order valence-corrected chi connectivity index (χ2v) is 10.7. The quantitative estimate of drug-likeness (QED) is 0.454. The van der Waals surface area contributed by atoms with Crippen LogP contribution in [0.1, 0.15) is 13.3 Å². The van der Waals surface area contributed by atoms with E-state index in [2.05, 4.69) is 15.5 Å². The molecule has 1 aromatic heterocycles. The summed E-state index contributed by atoms with van der Waals surface area (Å²) in [5, 5.41) is 12.6. The predicted molar refractivity (Wildman–Crippen MR) is 127 cm³/mol. The van der Waals surface area contributed by atoms with Crippen LogP contribution in [0.4, 0.5) is 10.8 Å². The summed E-state index contributed by atoms with van der Waals surface area (Å²) in [5.74, 6) is -0.553. The Morgan fingerprint density at radius 3 is 2.23 bits per heavy atom. The Labute approximate surface area is 199 Å². The molecule has 1 amide bonds. The number of nitrogens with zero attached hydrogens (tertiary/aromatic N) is 3. The lowest BCUT2D eigenvalue weighted by Crippen LogP contribution is -2.47. The van der Waals surface area contributed by atoms with Crippen molar-refractivity contribution in [2.45, 2.75) is 19.4 Å². The van der Waals surface area contributed by atoms with Gasteiger partial charge >= 0.3 is 0 Å². The van der Waals surface area contributed by atoms with Crippen LogP contribution in [0.5, 0.6) is 0 Å². The van der Waals surface area contributed by atoms with Gasteiger partial charge in [-0.2, -0.15) is 0 Å². The Bertz CT molecular complexity index is 1180. The minimum absolute atomic E-state index is 0.195. The first kappa shape index (κ1) is 23.7. The van der Waals surface area contributed by atoms with Crippen molar-refractivity contribution in [1.82, 2.24) is 10.2 Å². The van der Waals surface area contributed by atoms with Crippen LogP contribution < -0.4 is 9.62 Å². The molecule has 2 aromatic carbocycles. The minimum Gasteiger partial charge on any atom is -0.299 e. The number of carbonyl (C=O) groups excluding carboxylic acids is 1. The number of aromatic nitrogens is 2. The van der Waals surface area contributed by atoms with Crippen molar-refractivity contribution in [1.29, 1.82) is 0 Å². The summed E-state index contributed by atoms with van der Waals surface area (Å²) in [6, 6.07) is 10.3. The summed E-state index contributed by atoms with van der Waals surface area (Å²) in [5.41, 5.74) is 0.988. The molecule has 1 heterocycles. The Morgan fingerprint density at radius 1 is 1.06 bits per heavy atom. The summed E-state index contributed by atoms with van der Waals surface area (Å²) in [7, 11) is -3.83. The van der Waals surface area contributed by atoms with Gasteiger partial charge in [0.1, 0.15) is 11.0 Å². The van der Waals surface area contributed by atoms with Crippen LogP contribution in [-0.2, 0) is 14.8 Å². The van der Waals surface area contributed by atoms with Crippen LogP contribution in [0.15, 0.2) is 42.5 Å². The molecule has 0 saturated heterocycles. The van der Waals surface area contributed by atoms with Crippen molar-refractivity contribution < 1.29 is 13.2 Å². The van der Waals surface area contributed by atoms with Crippen molar-refractivity contribution in [3.63, 3.8) is 0 Å². The number of hydrogen-bond acceptors (Lipinski definition) is 6. The number of sulfonamides is 1. The third kappa shape index (κ3) is 5.87. The minimum atomic E-state index is -3.83. The molecule has 164 valence electrons. The maximum atomic E-state index is 13.0. The molecule has 3 rings (SSSR count). The molecule has 0 spiro atoms. The Hall–Kier alpha value is -1.91. The van der Waals surface area contributed by atoms with Crippen molar-refractivity contribution in [3.05, 3.63) is 57.5 Å². The fourth-order valence-electron chi connectivity index (χ4n) is 2.90. The van der Waals surface area contributed by atoms with Crippen LogP contribution in [0.3, 0.4) is 0 Å². The van der Waals surface area contributed by atoms with Crippen LogP contribution in [0.25, 0.3) is 10.6 Å². The smallest absolute Gasteiger partial charge is 0.250 e. The maximum absolute atomic E-state index is 13.0.